The molecule has 2 N–H and O–H groups in total. The monoisotopic (exact) mass is 548 g/mol. The number of nitrogens with one attached hydrogen (secondary N) is 2. The number of benzene rings is 2. The van der Waals surface area contributed by atoms with Crippen LogP contribution in [0.3, 0.4) is 0 Å². The lowest BCUT2D eigenvalue weighted by Crippen LogP contribution is -2.32. The summed E-state index contributed by atoms with van der Waals surface area (Å²) in [4.78, 5) is 19.3. The van der Waals surface area contributed by atoms with Crippen molar-refractivity contribution >= 4 is 17.2 Å². The highest BCUT2D eigenvalue weighted by Gasteiger charge is 2.34. The number of hydrogen-bond acceptors (Lipinski definition) is 5. The van der Waals surface area contributed by atoms with Gasteiger partial charge < -0.3 is 10.6 Å². The van der Waals surface area contributed by atoms with Crippen LogP contribution < -0.4 is 10.6 Å². The van der Waals surface area contributed by atoms with E-state index in [0.29, 0.717) is 36.5 Å². The average molecular weight is 549 g/mol. The van der Waals surface area contributed by atoms with E-state index in [2.05, 4.69) is 32.6 Å². The molecule has 208 valence electrons. The largest absolute Gasteiger partial charge is 0.416 e. The van der Waals surface area contributed by atoms with E-state index in [1.54, 1.807) is 41.2 Å². The quantitative estimate of drug-likeness (QED) is 0.284. The van der Waals surface area contributed by atoms with Gasteiger partial charge in [-0.2, -0.15) is 18.3 Å². The molecule has 0 radical (unpaired) electrons. The summed E-state index contributed by atoms with van der Waals surface area (Å²) in [7, 11) is 1.81. The first-order chi connectivity index (χ1) is 19.2. The Kier molecular flexibility index (Phi) is 9.19. The SMILES string of the molecule is CCCN(CCNC)Cc1ccc(NC(=O)c2ccc(C)c(C#Cc3cnc4cccnn34)c2)cc1C(F)(F)F. The number of aryl methyl sites for hydroxylation is 1. The van der Waals surface area contributed by atoms with Gasteiger partial charge in [0, 0.05) is 42.6 Å². The molecule has 4 aromatic rings. The summed E-state index contributed by atoms with van der Waals surface area (Å²) in [6, 6.07) is 12.5. The standard InChI is InChI=1S/C30H31F3N6O/c1-4-15-38(16-14-34-3)20-24-9-11-25(18-27(24)30(31,32)33)37-29(40)23-8-7-21(2)22(17-23)10-12-26-19-35-28-6-5-13-36-39(26)28/h5-9,11,13,17-19,34H,4,14-16,20H2,1-3H3,(H,37,40). The zero-order valence-electron chi connectivity index (χ0n) is 22.6. The maximum Gasteiger partial charge on any atom is 0.416 e. The van der Waals surface area contributed by atoms with Crippen LogP contribution in [-0.2, 0) is 12.7 Å². The van der Waals surface area contributed by atoms with E-state index in [1.165, 1.54) is 12.1 Å². The van der Waals surface area contributed by atoms with Crippen LogP contribution in [0.5, 0.6) is 0 Å². The lowest BCUT2D eigenvalue weighted by Gasteiger charge is -2.24. The molecule has 0 saturated heterocycles. The van der Waals surface area contributed by atoms with Crippen LogP contribution in [0.25, 0.3) is 5.65 Å². The summed E-state index contributed by atoms with van der Waals surface area (Å²) >= 11 is 0. The summed E-state index contributed by atoms with van der Waals surface area (Å²) in [5, 5.41) is 9.89. The van der Waals surface area contributed by atoms with Gasteiger partial charge in [0.2, 0.25) is 0 Å². The van der Waals surface area contributed by atoms with Crippen molar-refractivity contribution in [2.45, 2.75) is 33.0 Å². The Morgan fingerprint density at radius 1 is 1.10 bits per heavy atom. The zero-order valence-corrected chi connectivity index (χ0v) is 22.6. The summed E-state index contributed by atoms with van der Waals surface area (Å²) < 4.78 is 43.6. The van der Waals surface area contributed by atoms with E-state index in [9.17, 15) is 18.0 Å². The predicted octanol–water partition coefficient (Wildman–Crippen LogP) is 5.14. The van der Waals surface area contributed by atoms with Crippen LogP contribution >= 0.6 is 0 Å². The van der Waals surface area contributed by atoms with Crippen molar-refractivity contribution in [1.82, 2.24) is 24.8 Å². The maximum atomic E-state index is 14.0. The Morgan fingerprint density at radius 3 is 2.67 bits per heavy atom. The minimum Gasteiger partial charge on any atom is -0.322 e. The van der Waals surface area contributed by atoms with Crippen LogP contribution in [-0.4, -0.2) is 52.1 Å². The van der Waals surface area contributed by atoms with Crippen LogP contribution in [0.1, 0.15) is 51.7 Å². The fraction of sp³-hybridized carbons (Fsp3) is 0.300. The second-order valence-corrected chi connectivity index (χ2v) is 9.42. The minimum absolute atomic E-state index is 0.0726. The van der Waals surface area contributed by atoms with E-state index in [0.717, 1.165) is 18.1 Å². The van der Waals surface area contributed by atoms with E-state index in [1.807, 2.05) is 31.9 Å². The second-order valence-electron chi connectivity index (χ2n) is 9.42. The molecule has 0 bridgehead atoms. The number of imidazole rings is 1. The molecule has 0 aliphatic rings. The molecule has 40 heavy (non-hydrogen) atoms. The van der Waals surface area contributed by atoms with Gasteiger partial charge in [0.15, 0.2) is 5.65 Å². The van der Waals surface area contributed by atoms with Gasteiger partial charge in [-0.1, -0.05) is 25.0 Å². The first-order valence-corrected chi connectivity index (χ1v) is 13.0. The molecule has 0 saturated carbocycles. The topological polar surface area (TPSA) is 74.6 Å². The first-order valence-electron chi connectivity index (χ1n) is 13.0. The number of alkyl halides is 3. The molecule has 2 heterocycles. The Labute approximate surface area is 231 Å². The fourth-order valence-electron chi connectivity index (χ4n) is 4.30. The van der Waals surface area contributed by atoms with E-state index >= 15 is 0 Å². The van der Waals surface area contributed by atoms with Gasteiger partial charge in [0.25, 0.3) is 5.91 Å². The average Bonchev–Trinajstić information content (AvgIpc) is 3.34. The first kappa shape index (κ1) is 28.8. The molecule has 7 nitrogen and oxygen atoms in total. The van der Waals surface area contributed by atoms with Crippen LogP contribution in [0.4, 0.5) is 18.9 Å². The molecule has 2 aromatic heterocycles. The fourth-order valence-corrected chi connectivity index (χ4v) is 4.30. The summed E-state index contributed by atoms with van der Waals surface area (Å²) in [5.74, 6) is 5.56. The van der Waals surface area contributed by atoms with E-state index in [-0.39, 0.29) is 23.4 Å². The number of likely N-dealkylation sites (N-methyl/N-ethyl adjacent to an activating group) is 1. The molecule has 0 atom stereocenters. The minimum atomic E-state index is -4.56. The van der Waals surface area contributed by atoms with Crippen LogP contribution in [0, 0.1) is 18.8 Å². The highest BCUT2D eigenvalue weighted by atomic mass is 19.4. The van der Waals surface area contributed by atoms with E-state index < -0.39 is 17.6 Å². The van der Waals surface area contributed by atoms with Gasteiger partial charge >= 0.3 is 6.18 Å². The summed E-state index contributed by atoms with van der Waals surface area (Å²) in [5.41, 5.74) is 2.49. The smallest absolute Gasteiger partial charge is 0.322 e. The number of halogens is 3. The Morgan fingerprint density at radius 2 is 1.93 bits per heavy atom. The molecule has 0 unspecified atom stereocenters. The molecule has 0 aliphatic heterocycles. The zero-order chi connectivity index (χ0) is 28.7. The van der Waals surface area contributed by atoms with Crippen molar-refractivity contribution in [3.63, 3.8) is 0 Å². The number of carbonyl (C=O) groups excluding carboxylic acids is 1. The molecule has 2 aromatic carbocycles. The van der Waals surface area contributed by atoms with Gasteiger partial charge in [-0.25, -0.2) is 9.50 Å². The third kappa shape index (κ3) is 7.05. The van der Waals surface area contributed by atoms with Gasteiger partial charge in [-0.05, 0) is 80.4 Å². The third-order valence-electron chi connectivity index (χ3n) is 6.39. The van der Waals surface area contributed by atoms with Crippen molar-refractivity contribution in [2.24, 2.45) is 0 Å². The number of aromatic nitrogens is 3. The maximum absolute atomic E-state index is 14.0. The predicted molar refractivity (Wildman–Crippen MR) is 149 cm³/mol. The molecule has 0 spiro atoms. The van der Waals surface area contributed by atoms with Crippen LogP contribution in [0.15, 0.2) is 60.9 Å². The third-order valence-corrected chi connectivity index (χ3v) is 6.39. The Balaban J connectivity index is 1.55. The van der Waals surface area contributed by atoms with Gasteiger partial charge in [0.05, 0.1) is 11.8 Å². The van der Waals surface area contributed by atoms with Crippen molar-refractivity contribution in [2.75, 3.05) is 32.0 Å². The molecular weight excluding hydrogens is 517 g/mol. The molecule has 4 rings (SSSR count). The molecule has 0 fully saturated rings. The number of nitrogens with zero attached hydrogens (tertiary/aromatic N) is 4. The van der Waals surface area contributed by atoms with Gasteiger partial charge in [-0.15, -0.1) is 0 Å². The Bertz CT molecular complexity index is 1550. The van der Waals surface area contributed by atoms with Gasteiger partial charge in [-0.3, -0.25) is 9.69 Å². The number of hydrogen-bond donors (Lipinski definition) is 2. The lowest BCUT2D eigenvalue weighted by atomic mass is 10.0. The number of rotatable bonds is 9. The number of fused-ring (bicyclic) bond motifs is 1. The number of anilines is 1. The van der Waals surface area contributed by atoms with Crippen molar-refractivity contribution < 1.29 is 18.0 Å². The highest BCUT2D eigenvalue weighted by Crippen LogP contribution is 2.34. The molecular formula is C30H31F3N6O. The molecule has 0 aliphatic carbocycles. The lowest BCUT2D eigenvalue weighted by molar-refractivity contribution is -0.138. The molecule has 10 heteroatoms. The second kappa shape index (κ2) is 12.8. The van der Waals surface area contributed by atoms with Crippen molar-refractivity contribution in [1.29, 1.82) is 0 Å². The number of amides is 1. The van der Waals surface area contributed by atoms with Crippen molar-refractivity contribution in [3.05, 3.63) is 94.4 Å². The van der Waals surface area contributed by atoms with E-state index in [4.69, 9.17) is 0 Å². The molecule has 1 amide bonds. The Hall–Kier alpha value is -4.20. The number of carbonyl (C=O) groups is 1. The summed E-state index contributed by atoms with van der Waals surface area (Å²) in [6.45, 7) is 6.02. The highest BCUT2D eigenvalue weighted by molar-refractivity contribution is 6.04. The van der Waals surface area contributed by atoms with Gasteiger partial charge in [0.1, 0.15) is 5.69 Å². The van der Waals surface area contributed by atoms with Crippen molar-refractivity contribution in [3.8, 4) is 11.8 Å². The summed E-state index contributed by atoms with van der Waals surface area (Å²) in [6.07, 6.45) is -0.475. The normalized spacial score (nSPS) is 11.5. The van der Waals surface area contributed by atoms with Crippen LogP contribution in [0.2, 0.25) is 0 Å².